The normalized spacial score (nSPS) is 10.9. The number of para-hydroxylation sites is 2. The number of aromatic nitrogens is 2. The Morgan fingerprint density at radius 3 is 1.90 bits per heavy atom. The van der Waals surface area contributed by atoms with E-state index < -0.39 is 11.9 Å². The summed E-state index contributed by atoms with van der Waals surface area (Å²) in [5.74, 6) is -1.87. The summed E-state index contributed by atoms with van der Waals surface area (Å²) in [6, 6.07) is 21.8. The monoisotopic (exact) mass is 387 g/mol. The Morgan fingerprint density at radius 1 is 0.759 bits per heavy atom. The van der Waals surface area contributed by atoms with Crippen LogP contribution in [0.5, 0.6) is 0 Å². The molecule has 4 rings (SSSR count). The molecule has 1 heterocycles. The molecule has 0 aliphatic rings. The quantitative estimate of drug-likeness (QED) is 0.497. The minimum atomic E-state index is -0.935. The van der Waals surface area contributed by atoms with E-state index in [0.717, 1.165) is 22.2 Å². The number of carbonyl (C=O) groups is 2. The van der Waals surface area contributed by atoms with Crippen LogP contribution in [0.4, 0.5) is 0 Å². The minimum absolute atomic E-state index is 0.269. The van der Waals surface area contributed by atoms with Crippen molar-refractivity contribution in [2.24, 2.45) is 0 Å². The van der Waals surface area contributed by atoms with Gasteiger partial charge in [0.05, 0.1) is 11.1 Å². The maximum absolute atomic E-state index is 11.0. The average molecular weight is 387 g/mol. The Balaban J connectivity index is 1.64. The lowest BCUT2D eigenvalue weighted by molar-refractivity contribution is -0.663. The number of carboxylic acid groups (broad SMARTS) is 2. The smallest absolute Gasteiger partial charge is 0.335 e. The molecule has 29 heavy (non-hydrogen) atoms. The van der Waals surface area contributed by atoms with Crippen LogP contribution in [0.3, 0.4) is 0 Å². The van der Waals surface area contributed by atoms with Crippen molar-refractivity contribution < 1.29 is 24.4 Å². The van der Waals surface area contributed by atoms with Crippen molar-refractivity contribution in [2.75, 3.05) is 0 Å². The average Bonchev–Trinajstić information content (AvgIpc) is 3.06. The number of rotatable bonds is 6. The molecule has 0 bridgehead atoms. The van der Waals surface area contributed by atoms with E-state index in [1.54, 1.807) is 24.3 Å². The van der Waals surface area contributed by atoms with Crippen LogP contribution in [-0.4, -0.2) is 26.7 Å². The first kappa shape index (κ1) is 18.4. The summed E-state index contributed by atoms with van der Waals surface area (Å²) in [4.78, 5) is 22.1. The fraction of sp³-hybridized carbons (Fsp3) is 0.0870. The Kier molecular flexibility index (Phi) is 4.83. The zero-order valence-electron chi connectivity index (χ0n) is 15.5. The molecule has 6 nitrogen and oxygen atoms in total. The summed E-state index contributed by atoms with van der Waals surface area (Å²) < 4.78 is 4.24. The Hall–Kier alpha value is -3.93. The summed E-state index contributed by atoms with van der Waals surface area (Å²) in [5.41, 5.74) is 4.69. The predicted octanol–water partition coefficient (Wildman–Crippen LogP) is 3.42. The molecule has 0 amide bonds. The van der Waals surface area contributed by atoms with E-state index in [9.17, 15) is 9.59 Å². The van der Waals surface area contributed by atoms with Gasteiger partial charge in [-0.1, -0.05) is 36.4 Å². The highest BCUT2D eigenvalue weighted by atomic mass is 16.4. The van der Waals surface area contributed by atoms with E-state index in [0.29, 0.717) is 13.1 Å². The molecular formula is C23H19N2O4+. The number of fused-ring (bicyclic) bond motifs is 1. The standard InChI is InChI=1S/C23H18N2O4/c26-22(27)18-9-5-16(6-10-18)13-24-15-25(21-4-2-1-3-20(21)24)14-17-7-11-19(12-8-17)23(28)29/h1-12,15H,13-14H2,(H-,26,27,28,29)/p+1. The van der Waals surface area contributed by atoms with Gasteiger partial charge in [0.2, 0.25) is 6.33 Å². The molecule has 0 unspecified atom stereocenters. The SMILES string of the molecule is O=C(O)c1ccc(Cn2c[n+](Cc3ccc(C(=O)O)cc3)c3ccccc32)cc1. The van der Waals surface area contributed by atoms with Crippen molar-refractivity contribution in [3.05, 3.63) is 101 Å². The maximum Gasteiger partial charge on any atom is 0.335 e. The van der Waals surface area contributed by atoms with Gasteiger partial charge in [0.25, 0.3) is 0 Å². The van der Waals surface area contributed by atoms with Crippen LogP contribution in [-0.2, 0) is 13.1 Å². The van der Waals surface area contributed by atoms with Crippen molar-refractivity contribution in [1.29, 1.82) is 0 Å². The Bertz CT molecular complexity index is 1100. The van der Waals surface area contributed by atoms with Gasteiger partial charge in [-0.3, -0.25) is 0 Å². The summed E-state index contributed by atoms with van der Waals surface area (Å²) >= 11 is 0. The molecule has 0 spiro atoms. The number of benzene rings is 3. The van der Waals surface area contributed by atoms with Crippen molar-refractivity contribution in [1.82, 2.24) is 4.57 Å². The van der Waals surface area contributed by atoms with Crippen molar-refractivity contribution in [2.45, 2.75) is 13.1 Å². The van der Waals surface area contributed by atoms with E-state index in [2.05, 4.69) is 9.13 Å². The van der Waals surface area contributed by atoms with Crippen molar-refractivity contribution >= 4 is 23.0 Å². The second kappa shape index (κ2) is 7.59. The summed E-state index contributed by atoms with van der Waals surface area (Å²) in [6.45, 7) is 1.23. The highest BCUT2D eigenvalue weighted by Gasteiger charge is 2.16. The van der Waals surface area contributed by atoms with E-state index in [-0.39, 0.29) is 11.1 Å². The van der Waals surface area contributed by atoms with E-state index >= 15 is 0 Å². The highest BCUT2D eigenvalue weighted by molar-refractivity contribution is 5.88. The molecule has 0 atom stereocenters. The van der Waals surface area contributed by atoms with Gasteiger partial charge in [-0.25, -0.2) is 18.7 Å². The van der Waals surface area contributed by atoms with Gasteiger partial charge in [-0.2, -0.15) is 0 Å². The van der Waals surface area contributed by atoms with Gasteiger partial charge in [0.15, 0.2) is 11.0 Å². The third kappa shape index (κ3) is 3.87. The molecule has 4 aromatic rings. The first-order valence-electron chi connectivity index (χ1n) is 9.13. The van der Waals surface area contributed by atoms with E-state index in [1.165, 1.54) is 0 Å². The molecule has 0 saturated heterocycles. The maximum atomic E-state index is 11.0. The number of aromatic carboxylic acids is 2. The van der Waals surface area contributed by atoms with Crippen LogP contribution in [0, 0.1) is 0 Å². The molecule has 144 valence electrons. The lowest BCUT2D eigenvalue weighted by Gasteiger charge is -2.01. The van der Waals surface area contributed by atoms with Gasteiger partial charge in [-0.15, -0.1) is 0 Å². The molecule has 0 aliphatic carbocycles. The molecule has 0 radical (unpaired) electrons. The van der Waals surface area contributed by atoms with Crippen LogP contribution in [0.25, 0.3) is 11.0 Å². The molecule has 3 aromatic carbocycles. The van der Waals surface area contributed by atoms with Crippen molar-refractivity contribution in [3.8, 4) is 0 Å². The Labute approximate surface area is 166 Å². The summed E-state index contributed by atoms with van der Waals surface area (Å²) in [6.07, 6.45) is 2.03. The number of carboxylic acids is 2. The van der Waals surface area contributed by atoms with Crippen molar-refractivity contribution in [3.63, 3.8) is 0 Å². The zero-order valence-corrected chi connectivity index (χ0v) is 15.5. The third-order valence-electron chi connectivity index (χ3n) is 4.89. The number of nitrogens with zero attached hydrogens (tertiary/aromatic N) is 2. The molecule has 0 fully saturated rings. The van der Waals surface area contributed by atoms with E-state index in [1.807, 2.05) is 54.9 Å². The largest absolute Gasteiger partial charge is 0.478 e. The van der Waals surface area contributed by atoms with Crippen LogP contribution < -0.4 is 4.57 Å². The van der Waals surface area contributed by atoms with Crippen LogP contribution in [0.2, 0.25) is 0 Å². The van der Waals surface area contributed by atoms with Crippen LogP contribution in [0.15, 0.2) is 79.1 Å². The van der Waals surface area contributed by atoms with Crippen LogP contribution in [0.1, 0.15) is 31.8 Å². The molecule has 0 saturated carbocycles. The third-order valence-corrected chi connectivity index (χ3v) is 4.89. The molecular weight excluding hydrogens is 368 g/mol. The predicted molar refractivity (Wildman–Crippen MR) is 107 cm³/mol. The van der Waals surface area contributed by atoms with Gasteiger partial charge in [0, 0.05) is 0 Å². The lowest BCUT2D eigenvalue weighted by Crippen LogP contribution is -2.32. The second-order valence-electron chi connectivity index (χ2n) is 6.86. The lowest BCUT2D eigenvalue weighted by atomic mass is 10.1. The molecule has 6 heteroatoms. The summed E-state index contributed by atoms with van der Waals surface area (Å²) in [5, 5.41) is 18.1. The number of imidazole rings is 1. The fourth-order valence-electron chi connectivity index (χ4n) is 3.39. The number of hydrogen-bond acceptors (Lipinski definition) is 2. The zero-order chi connectivity index (χ0) is 20.4. The minimum Gasteiger partial charge on any atom is -0.478 e. The van der Waals surface area contributed by atoms with Gasteiger partial charge in [-0.05, 0) is 47.5 Å². The topological polar surface area (TPSA) is 83.4 Å². The van der Waals surface area contributed by atoms with Gasteiger partial charge < -0.3 is 10.2 Å². The van der Waals surface area contributed by atoms with Crippen LogP contribution >= 0.6 is 0 Å². The Morgan fingerprint density at radius 2 is 1.31 bits per heavy atom. The molecule has 0 aliphatic heterocycles. The van der Waals surface area contributed by atoms with E-state index in [4.69, 9.17) is 10.2 Å². The summed E-state index contributed by atoms with van der Waals surface area (Å²) in [7, 11) is 0. The fourth-order valence-corrected chi connectivity index (χ4v) is 3.39. The first-order valence-corrected chi connectivity index (χ1v) is 9.13. The van der Waals surface area contributed by atoms with Gasteiger partial charge in [0.1, 0.15) is 13.1 Å². The first-order chi connectivity index (χ1) is 14.0. The second-order valence-corrected chi connectivity index (χ2v) is 6.86. The highest BCUT2D eigenvalue weighted by Crippen LogP contribution is 2.15. The molecule has 2 N–H and O–H groups in total. The molecule has 1 aromatic heterocycles. The number of hydrogen-bond donors (Lipinski definition) is 2. The van der Waals surface area contributed by atoms with Gasteiger partial charge >= 0.3 is 11.9 Å².